The van der Waals surface area contributed by atoms with Gasteiger partial charge in [0.15, 0.2) is 0 Å². The zero-order chi connectivity index (χ0) is 21.9. The third-order valence-electron chi connectivity index (χ3n) is 6.17. The summed E-state index contributed by atoms with van der Waals surface area (Å²) in [4.78, 5) is 17.2. The Balaban J connectivity index is 1.83. The molecule has 8 bridgehead atoms. The fraction of sp³-hybridized carbons (Fsp3) is 0.286. The van der Waals surface area contributed by atoms with Crippen molar-refractivity contribution in [2.24, 2.45) is 0 Å². The van der Waals surface area contributed by atoms with Crippen molar-refractivity contribution in [3.63, 3.8) is 0 Å². The molecule has 162 valence electrons. The van der Waals surface area contributed by atoms with Gasteiger partial charge in [0.1, 0.15) is 0 Å². The summed E-state index contributed by atoms with van der Waals surface area (Å²) in [5.41, 5.74) is 11.0. The molecule has 0 radical (unpaired) electrons. The number of aromatic amines is 2. The summed E-state index contributed by atoms with van der Waals surface area (Å²) in [5, 5.41) is 0. The molecule has 2 N–H and O–H groups in total. The molecule has 2 aliphatic heterocycles. The molecule has 4 nitrogen and oxygen atoms in total. The van der Waals surface area contributed by atoms with Gasteiger partial charge in [-0.3, -0.25) is 0 Å². The third-order valence-corrected chi connectivity index (χ3v) is 6.17. The summed E-state index contributed by atoms with van der Waals surface area (Å²) in [7, 11) is 0. The SMILES string of the molecule is CCCCc1c2nc(cc3ccc(cc4ccc([nH]4)c(CCCC)c4nc1C=C4)[nH]3)C=C2. The van der Waals surface area contributed by atoms with Crippen LogP contribution >= 0.6 is 0 Å². The number of aromatic nitrogens is 4. The van der Waals surface area contributed by atoms with Crippen molar-refractivity contribution in [1.29, 1.82) is 0 Å². The highest BCUT2D eigenvalue weighted by Gasteiger charge is 2.14. The van der Waals surface area contributed by atoms with E-state index in [-0.39, 0.29) is 0 Å². The minimum absolute atomic E-state index is 0.971. The van der Waals surface area contributed by atoms with Gasteiger partial charge in [-0.25, -0.2) is 9.97 Å². The number of nitrogens with zero attached hydrogens (tertiary/aromatic N) is 2. The van der Waals surface area contributed by atoms with Crippen LogP contribution in [0.15, 0.2) is 36.4 Å². The fourth-order valence-corrected chi connectivity index (χ4v) is 4.42. The van der Waals surface area contributed by atoms with Crippen LogP contribution in [0.5, 0.6) is 0 Å². The maximum Gasteiger partial charge on any atom is 0.0691 e. The molecule has 3 aromatic rings. The number of H-pyrrole nitrogens is 2. The highest BCUT2D eigenvalue weighted by Crippen LogP contribution is 2.26. The zero-order valence-corrected chi connectivity index (χ0v) is 18.9. The highest BCUT2D eigenvalue weighted by atomic mass is 14.8. The average Bonchev–Trinajstić information content (AvgIpc) is 3.58. The van der Waals surface area contributed by atoms with E-state index in [0.29, 0.717) is 0 Å². The van der Waals surface area contributed by atoms with E-state index in [0.717, 1.165) is 83.4 Å². The molecular weight excluding hydrogens is 392 g/mol. The van der Waals surface area contributed by atoms with E-state index in [1.807, 2.05) is 0 Å². The molecule has 0 aliphatic carbocycles. The first-order valence-electron chi connectivity index (χ1n) is 11.8. The largest absolute Gasteiger partial charge is 0.355 e. The van der Waals surface area contributed by atoms with Gasteiger partial charge in [0.25, 0.3) is 0 Å². The van der Waals surface area contributed by atoms with E-state index in [1.165, 1.54) is 11.1 Å². The normalized spacial score (nSPS) is 12.6. The van der Waals surface area contributed by atoms with Gasteiger partial charge in [-0.1, -0.05) is 26.7 Å². The van der Waals surface area contributed by atoms with Crippen LogP contribution in [0.3, 0.4) is 0 Å². The lowest BCUT2D eigenvalue weighted by molar-refractivity contribution is 0.786. The molecule has 5 heterocycles. The van der Waals surface area contributed by atoms with Crippen LogP contribution in [0.2, 0.25) is 0 Å². The van der Waals surface area contributed by atoms with Crippen molar-refractivity contribution in [1.82, 2.24) is 19.9 Å². The smallest absolute Gasteiger partial charge is 0.0691 e. The Hall–Kier alpha value is -3.40. The molecule has 0 amide bonds. The molecular formula is C28H30N4. The molecule has 0 saturated heterocycles. The van der Waals surface area contributed by atoms with Gasteiger partial charge in [-0.15, -0.1) is 0 Å². The van der Waals surface area contributed by atoms with Crippen LogP contribution < -0.4 is 0 Å². The molecule has 0 atom stereocenters. The molecule has 0 fully saturated rings. The van der Waals surface area contributed by atoms with Crippen molar-refractivity contribution >= 4 is 46.4 Å². The van der Waals surface area contributed by atoms with Crippen LogP contribution in [0.25, 0.3) is 46.4 Å². The molecule has 4 heteroatoms. The second-order valence-electron chi connectivity index (χ2n) is 8.62. The number of nitrogens with one attached hydrogen (secondary N) is 2. The summed E-state index contributed by atoms with van der Waals surface area (Å²) in [6.07, 6.45) is 15.2. The second-order valence-corrected chi connectivity index (χ2v) is 8.62. The lowest BCUT2D eigenvalue weighted by Gasteiger charge is -2.04. The maximum absolute atomic E-state index is 5.13. The Morgan fingerprint density at radius 1 is 0.625 bits per heavy atom. The van der Waals surface area contributed by atoms with Crippen LogP contribution in [0.4, 0.5) is 0 Å². The average molecular weight is 423 g/mol. The Bertz CT molecular complexity index is 1350. The van der Waals surface area contributed by atoms with E-state index < -0.39 is 0 Å². The van der Waals surface area contributed by atoms with Gasteiger partial charge in [-0.05, 0) is 86.4 Å². The van der Waals surface area contributed by atoms with Crippen molar-refractivity contribution in [3.8, 4) is 0 Å². The number of aryl methyl sites for hydroxylation is 1. The van der Waals surface area contributed by atoms with Gasteiger partial charge >= 0.3 is 0 Å². The second kappa shape index (κ2) is 8.99. The molecule has 32 heavy (non-hydrogen) atoms. The van der Waals surface area contributed by atoms with Crippen LogP contribution in [0, 0.1) is 0 Å². The van der Waals surface area contributed by atoms with Crippen molar-refractivity contribution in [3.05, 3.63) is 70.3 Å². The summed E-state index contributed by atoms with van der Waals surface area (Å²) >= 11 is 0. The molecule has 0 spiro atoms. The monoisotopic (exact) mass is 422 g/mol. The summed E-state index contributed by atoms with van der Waals surface area (Å²) in [6, 6.07) is 12.8. The number of hydrogen-bond acceptors (Lipinski definition) is 2. The summed E-state index contributed by atoms with van der Waals surface area (Å²) in [5.74, 6) is 0. The number of hydrogen-bond donors (Lipinski definition) is 2. The van der Waals surface area contributed by atoms with Crippen LogP contribution in [0.1, 0.15) is 73.4 Å². The van der Waals surface area contributed by atoms with Gasteiger partial charge in [-0.2, -0.15) is 0 Å². The van der Waals surface area contributed by atoms with Crippen LogP contribution in [-0.2, 0) is 12.8 Å². The highest BCUT2D eigenvalue weighted by molar-refractivity contribution is 5.81. The van der Waals surface area contributed by atoms with Crippen molar-refractivity contribution in [2.75, 3.05) is 0 Å². The van der Waals surface area contributed by atoms with E-state index >= 15 is 0 Å². The van der Waals surface area contributed by atoms with E-state index in [9.17, 15) is 0 Å². The molecule has 5 rings (SSSR count). The Morgan fingerprint density at radius 2 is 1.22 bits per heavy atom. The van der Waals surface area contributed by atoms with Gasteiger partial charge < -0.3 is 9.97 Å². The van der Waals surface area contributed by atoms with Gasteiger partial charge in [0.2, 0.25) is 0 Å². The van der Waals surface area contributed by atoms with Crippen molar-refractivity contribution < 1.29 is 0 Å². The third kappa shape index (κ3) is 4.18. The van der Waals surface area contributed by atoms with E-state index in [4.69, 9.17) is 9.97 Å². The zero-order valence-electron chi connectivity index (χ0n) is 18.9. The summed E-state index contributed by atoms with van der Waals surface area (Å²) < 4.78 is 0. The first-order chi connectivity index (χ1) is 15.7. The molecule has 0 aromatic carbocycles. The topological polar surface area (TPSA) is 57.4 Å². The lowest BCUT2D eigenvalue weighted by atomic mass is 10.1. The number of fused-ring (bicyclic) bond motifs is 8. The van der Waals surface area contributed by atoms with E-state index in [2.05, 4.69) is 84.5 Å². The quantitative estimate of drug-likeness (QED) is 0.301. The number of rotatable bonds is 6. The fourth-order valence-electron chi connectivity index (χ4n) is 4.42. The molecule has 2 aliphatic rings. The first-order valence-corrected chi connectivity index (χ1v) is 11.8. The minimum Gasteiger partial charge on any atom is -0.355 e. The molecule has 0 unspecified atom stereocenters. The minimum atomic E-state index is 0.971. The van der Waals surface area contributed by atoms with Gasteiger partial charge in [0, 0.05) is 33.2 Å². The Kier molecular flexibility index (Phi) is 5.76. The standard InChI is InChI=1S/C28H30N4/c1-3-5-7-23-25-13-11-21(30-25)17-19-9-10-20(29-19)18-22-12-14-26(31-22)24(8-6-4-2)28-16-15-27(23)32-28/h9-18,29-30H,3-8H2,1-2H3. The Labute approximate surface area is 189 Å². The number of unbranched alkanes of at least 4 members (excludes halogenated alkanes) is 2. The Morgan fingerprint density at radius 3 is 2.00 bits per heavy atom. The lowest BCUT2D eigenvalue weighted by Crippen LogP contribution is -1.95. The van der Waals surface area contributed by atoms with Crippen LogP contribution in [-0.4, -0.2) is 19.9 Å². The van der Waals surface area contributed by atoms with Crippen molar-refractivity contribution in [2.45, 2.75) is 52.4 Å². The first kappa shape index (κ1) is 20.5. The molecule has 3 aromatic heterocycles. The van der Waals surface area contributed by atoms with Gasteiger partial charge in [0.05, 0.1) is 22.8 Å². The predicted molar refractivity (Wildman–Crippen MR) is 136 cm³/mol. The molecule has 0 saturated carbocycles. The van der Waals surface area contributed by atoms with E-state index in [1.54, 1.807) is 0 Å². The maximum atomic E-state index is 5.13. The summed E-state index contributed by atoms with van der Waals surface area (Å²) in [6.45, 7) is 4.47. The predicted octanol–water partition coefficient (Wildman–Crippen LogP) is 7.34.